The van der Waals surface area contributed by atoms with Crippen molar-refractivity contribution in [1.82, 2.24) is 19.7 Å². The molecule has 0 aliphatic heterocycles. The molecule has 10 heteroatoms. The van der Waals surface area contributed by atoms with E-state index in [0.717, 1.165) is 4.68 Å². The van der Waals surface area contributed by atoms with E-state index in [1.807, 2.05) is 0 Å². The van der Waals surface area contributed by atoms with Crippen LogP contribution in [0.3, 0.4) is 0 Å². The van der Waals surface area contributed by atoms with Gasteiger partial charge in [-0.3, -0.25) is 0 Å². The molecule has 2 rings (SSSR count). The summed E-state index contributed by atoms with van der Waals surface area (Å²) >= 11 is 3.05. The SMILES string of the molecule is CCOC(=O)c1ccc(-n2nc([N+](=O)[O-])nc2Br)nc1. The number of carbonyl (C=O) groups excluding carboxylic acids is 1. The van der Waals surface area contributed by atoms with E-state index in [2.05, 4.69) is 31.0 Å². The number of nitrogens with zero attached hydrogens (tertiary/aromatic N) is 5. The average molecular weight is 342 g/mol. The van der Waals surface area contributed by atoms with Gasteiger partial charge in [-0.2, -0.15) is 0 Å². The molecule has 0 saturated heterocycles. The minimum atomic E-state index is -0.714. The fourth-order valence-corrected chi connectivity index (χ4v) is 1.77. The number of carbonyl (C=O) groups is 1. The second-order valence-corrected chi connectivity index (χ2v) is 4.18. The Kier molecular flexibility index (Phi) is 4.03. The highest BCUT2D eigenvalue weighted by molar-refractivity contribution is 9.10. The number of ether oxygens (including phenoxy) is 1. The molecule has 9 nitrogen and oxygen atoms in total. The summed E-state index contributed by atoms with van der Waals surface area (Å²) in [5.74, 6) is -0.756. The number of hydrogen-bond donors (Lipinski definition) is 0. The summed E-state index contributed by atoms with van der Waals surface area (Å²) in [6.07, 6.45) is 1.30. The molecule has 20 heavy (non-hydrogen) atoms. The van der Waals surface area contributed by atoms with E-state index in [0.29, 0.717) is 0 Å². The Balaban J connectivity index is 2.30. The van der Waals surface area contributed by atoms with Crippen molar-refractivity contribution in [3.8, 4) is 5.82 Å². The smallest absolute Gasteiger partial charge is 0.462 e. The van der Waals surface area contributed by atoms with Crippen molar-refractivity contribution in [3.63, 3.8) is 0 Å². The molecule has 0 saturated carbocycles. The molecule has 0 amide bonds. The fourth-order valence-electron chi connectivity index (χ4n) is 1.35. The molecule has 0 aliphatic carbocycles. The summed E-state index contributed by atoms with van der Waals surface area (Å²) in [5, 5.41) is 14.2. The molecule has 0 fully saturated rings. The Morgan fingerprint density at radius 2 is 2.30 bits per heavy atom. The molecule has 0 radical (unpaired) electrons. The zero-order chi connectivity index (χ0) is 14.7. The molecule has 0 unspecified atom stereocenters. The van der Waals surface area contributed by atoms with Gasteiger partial charge in [0.25, 0.3) is 4.73 Å². The Hall–Kier alpha value is -2.36. The number of halogens is 1. The zero-order valence-electron chi connectivity index (χ0n) is 10.2. The van der Waals surface area contributed by atoms with Gasteiger partial charge in [-0.05, 0) is 29.0 Å². The van der Waals surface area contributed by atoms with Crippen LogP contribution in [0.5, 0.6) is 0 Å². The van der Waals surface area contributed by atoms with Crippen molar-refractivity contribution in [2.75, 3.05) is 6.61 Å². The third-order valence-electron chi connectivity index (χ3n) is 2.20. The highest BCUT2D eigenvalue weighted by Crippen LogP contribution is 2.16. The number of hydrogen-bond acceptors (Lipinski definition) is 7. The maximum absolute atomic E-state index is 11.5. The van der Waals surface area contributed by atoms with Gasteiger partial charge < -0.3 is 14.9 Å². The van der Waals surface area contributed by atoms with Crippen molar-refractivity contribution in [3.05, 3.63) is 38.7 Å². The Morgan fingerprint density at radius 3 is 2.80 bits per heavy atom. The van der Waals surface area contributed by atoms with Crippen LogP contribution in [0.1, 0.15) is 17.3 Å². The summed E-state index contributed by atoms with van der Waals surface area (Å²) in [6.45, 7) is 1.97. The Labute approximate surface area is 120 Å². The molecule has 0 aliphatic rings. The van der Waals surface area contributed by atoms with Crippen molar-refractivity contribution in [2.45, 2.75) is 6.92 Å². The van der Waals surface area contributed by atoms with E-state index < -0.39 is 16.8 Å². The highest BCUT2D eigenvalue weighted by atomic mass is 79.9. The van der Waals surface area contributed by atoms with Gasteiger partial charge in [0, 0.05) is 27.2 Å². The minimum Gasteiger partial charge on any atom is -0.462 e. The lowest BCUT2D eigenvalue weighted by molar-refractivity contribution is -0.394. The Bertz CT molecular complexity index is 654. The summed E-state index contributed by atoms with van der Waals surface area (Å²) < 4.78 is 6.11. The van der Waals surface area contributed by atoms with Crippen LogP contribution in [0.4, 0.5) is 5.95 Å². The molecule has 104 valence electrons. The quantitative estimate of drug-likeness (QED) is 0.470. The first-order valence-corrected chi connectivity index (χ1v) is 6.22. The van der Waals surface area contributed by atoms with Crippen LogP contribution in [0, 0.1) is 10.1 Å². The summed E-state index contributed by atoms with van der Waals surface area (Å²) in [6, 6.07) is 2.97. The van der Waals surface area contributed by atoms with Crippen LogP contribution in [0.25, 0.3) is 5.82 Å². The third kappa shape index (κ3) is 2.79. The van der Waals surface area contributed by atoms with E-state index in [-0.39, 0.29) is 22.7 Å². The van der Waals surface area contributed by atoms with E-state index in [1.54, 1.807) is 6.92 Å². The van der Waals surface area contributed by atoms with E-state index in [1.165, 1.54) is 18.3 Å². The normalized spacial score (nSPS) is 10.3. The molecule has 2 aromatic rings. The van der Waals surface area contributed by atoms with Gasteiger partial charge in [0.1, 0.15) is 0 Å². The molecule has 0 spiro atoms. The van der Waals surface area contributed by atoms with Crippen molar-refractivity contribution in [1.29, 1.82) is 0 Å². The number of esters is 1. The predicted octanol–water partition coefficient (Wildman–Crippen LogP) is 1.51. The van der Waals surface area contributed by atoms with Gasteiger partial charge in [0.05, 0.1) is 12.2 Å². The molecule has 2 aromatic heterocycles. The molecular formula is C10H8BrN5O4. The molecule has 0 atom stereocenters. The van der Waals surface area contributed by atoms with Crippen LogP contribution in [0.15, 0.2) is 23.1 Å². The van der Waals surface area contributed by atoms with Gasteiger partial charge in [-0.15, -0.1) is 4.68 Å². The van der Waals surface area contributed by atoms with Gasteiger partial charge in [0.2, 0.25) is 0 Å². The fraction of sp³-hybridized carbons (Fsp3) is 0.200. The molecule has 0 N–H and O–H groups in total. The van der Waals surface area contributed by atoms with Crippen molar-refractivity contribution >= 4 is 27.8 Å². The van der Waals surface area contributed by atoms with Crippen molar-refractivity contribution in [2.24, 2.45) is 0 Å². The Morgan fingerprint density at radius 1 is 1.55 bits per heavy atom. The maximum Gasteiger partial charge on any atom is 0.492 e. The summed E-state index contributed by atoms with van der Waals surface area (Å²) in [4.78, 5) is 28.9. The van der Waals surface area contributed by atoms with Gasteiger partial charge >= 0.3 is 11.9 Å². The monoisotopic (exact) mass is 341 g/mol. The third-order valence-corrected chi connectivity index (χ3v) is 2.71. The van der Waals surface area contributed by atoms with Crippen LogP contribution < -0.4 is 0 Å². The lowest BCUT2D eigenvalue weighted by Crippen LogP contribution is -2.07. The standard InChI is InChI=1S/C10H8BrN5O4/c1-2-20-8(17)6-3-4-7(12-5-6)15-9(11)13-10(14-15)16(18)19/h3-5H,2H2,1H3. The second-order valence-electron chi connectivity index (χ2n) is 3.48. The summed E-state index contributed by atoms with van der Waals surface area (Å²) in [7, 11) is 0. The first kappa shape index (κ1) is 14.1. The predicted molar refractivity (Wildman–Crippen MR) is 69.5 cm³/mol. The van der Waals surface area contributed by atoms with Crippen LogP contribution in [-0.4, -0.2) is 37.2 Å². The maximum atomic E-state index is 11.5. The molecule has 2 heterocycles. The van der Waals surface area contributed by atoms with Gasteiger partial charge in [-0.25, -0.2) is 9.78 Å². The lowest BCUT2D eigenvalue weighted by Gasteiger charge is -2.01. The van der Waals surface area contributed by atoms with E-state index in [4.69, 9.17) is 4.74 Å². The minimum absolute atomic E-state index is 0.139. The average Bonchev–Trinajstić information content (AvgIpc) is 2.81. The number of rotatable bonds is 4. The lowest BCUT2D eigenvalue weighted by atomic mass is 10.3. The van der Waals surface area contributed by atoms with Gasteiger partial charge in [0.15, 0.2) is 5.82 Å². The molecule has 0 bridgehead atoms. The number of nitro groups is 1. The van der Waals surface area contributed by atoms with E-state index in [9.17, 15) is 14.9 Å². The zero-order valence-corrected chi connectivity index (χ0v) is 11.8. The topological polar surface area (TPSA) is 113 Å². The number of pyridine rings is 1. The van der Waals surface area contributed by atoms with Crippen LogP contribution in [-0.2, 0) is 4.74 Å². The largest absolute Gasteiger partial charge is 0.492 e. The summed E-state index contributed by atoms with van der Waals surface area (Å²) in [5.41, 5.74) is 0.279. The first-order chi connectivity index (χ1) is 9.52. The van der Waals surface area contributed by atoms with Crippen molar-refractivity contribution < 1.29 is 14.5 Å². The second kappa shape index (κ2) is 5.74. The molecular weight excluding hydrogens is 334 g/mol. The van der Waals surface area contributed by atoms with Crippen LogP contribution in [0.2, 0.25) is 0 Å². The van der Waals surface area contributed by atoms with E-state index >= 15 is 0 Å². The van der Waals surface area contributed by atoms with Crippen LogP contribution >= 0.6 is 15.9 Å². The number of aromatic nitrogens is 4. The highest BCUT2D eigenvalue weighted by Gasteiger charge is 2.21. The van der Waals surface area contributed by atoms with Gasteiger partial charge in [-0.1, -0.05) is 0 Å². The molecule has 0 aromatic carbocycles. The first-order valence-electron chi connectivity index (χ1n) is 5.43.